The smallest absolute Gasteiger partial charge is 0.0814 e. The first kappa shape index (κ1) is 15.4. The fraction of sp³-hybridized carbons (Fsp3) is 0.100. The molecule has 0 bridgehead atoms. The molecule has 0 spiro atoms. The molecule has 1 unspecified atom stereocenters. The minimum Gasteiger partial charge on any atom is -0.399 e. The van der Waals surface area contributed by atoms with Crippen LogP contribution in [0.25, 0.3) is 11.1 Å². The zero-order valence-electron chi connectivity index (χ0n) is 13.1. The number of halogens is 2. The number of hydrogen-bond acceptors (Lipinski definition) is 2. The van der Waals surface area contributed by atoms with E-state index in [9.17, 15) is 0 Å². The lowest BCUT2D eigenvalue weighted by atomic mass is 9.85. The molecular weight excluding hydrogens is 339 g/mol. The van der Waals surface area contributed by atoms with Gasteiger partial charge in [0, 0.05) is 34.0 Å². The van der Waals surface area contributed by atoms with Crippen LogP contribution in [0.5, 0.6) is 0 Å². The van der Waals surface area contributed by atoms with E-state index in [1.165, 1.54) is 16.8 Å². The minimum absolute atomic E-state index is 0.0110. The second-order valence-electron chi connectivity index (χ2n) is 6.04. The zero-order valence-corrected chi connectivity index (χ0v) is 14.6. The third kappa shape index (κ3) is 2.34. The molecule has 2 N–H and O–H groups in total. The maximum Gasteiger partial charge on any atom is 0.0814 e. The number of nitrogens with two attached hydrogens (primary N) is 1. The maximum absolute atomic E-state index is 6.52. The van der Waals surface area contributed by atoms with E-state index in [1.807, 2.05) is 24.3 Å². The fourth-order valence-electron chi connectivity index (χ4n) is 3.51. The van der Waals surface area contributed by atoms with E-state index in [2.05, 4.69) is 42.3 Å². The van der Waals surface area contributed by atoms with Gasteiger partial charge in [-0.15, -0.1) is 0 Å². The molecule has 24 heavy (non-hydrogen) atoms. The molecule has 0 aromatic heterocycles. The van der Waals surface area contributed by atoms with Crippen molar-refractivity contribution in [2.45, 2.75) is 6.04 Å². The predicted octanol–water partition coefficient (Wildman–Crippen LogP) is 5.78. The van der Waals surface area contributed by atoms with Gasteiger partial charge in [0.05, 0.1) is 6.04 Å². The van der Waals surface area contributed by atoms with Crippen LogP contribution in [0.4, 0.5) is 11.4 Å². The highest BCUT2D eigenvalue weighted by molar-refractivity contribution is 6.35. The van der Waals surface area contributed by atoms with Crippen molar-refractivity contribution >= 4 is 34.6 Å². The second-order valence-corrected chi connectivity index (χ2v) is 6.89. The summed E-state index contributed by atoms with van der Waals surface area (Å²) >= 11 is 12.6. The predicted molar refractivity (Wildman–Crippen MR) is 103 cm³/mol. The molecule has 0 saturated carbocycles. The van der Waals surface area contributed by atoms with E-state index in [4.69, 9.17) is 28.9 Å². The Kier molecular flexibility index (Phi) is 3.67. The van der Waals surface area contributed by atoms with E-state index < -0.39 is 0 Å². The summed E-state index contributed by atoms with van der Waals surface area (Å²) in [6.07, 6.45) is 0. The molecular formula is C20H16Cl2N2. The van der Waals surface area contributed by atoms with E-state index in [0.29, 0.717) is 10.0 Å². The summed E-state index contributed by atoms with van der Waals surface area (Å²) in [5.41, 5.74) is 12.6. The van der Waals surface area contributed by atoms with Gasteiger partial charge in [0.15, 0.2) is 0 Å². The van der Waals surface area contributed by atoms with Crippen LogP contribution in [0.15, 0.2) is 60.7 Å². The molecule has 4 heteroatoms. The molecule has 0 saturated heterocycles. The average molecular weight is 355 g/mol. The molecule has 0 fully saturated rings. The Labute approximate surface area is 151 Å². The van der Waals surface area contributed by atoms with E-state index in [-0.39, 0.29) is 6.04 Å². The second kappa shape index (κ2) is 5.73. The number of nitrogen functional groups attached to an aromatic ring is 1. The normalized spacial score (nSPS) is 15.8. The highest BCUT2D eigenvalue weighted by atomic mass is 35.5. The Morgan fingerprint density at radius 1 is 0.875 bits per heavy atom. The van der Waals surface area contributed by atoms with Crippen LogP contribution in [-0.4, -0.2) is 7.05 Å². The van der Waals surface area contributed by atoms with Crippen molar-refractivity contribution in [3.05, 3.63) is 81.8 Å². The monoisotopic (exact) mass is 354 g/mol. The topological polar surface area (TPSA) is 29.3 Å². The standard InChI is InChI=1S/C20H16Cl2N2/c1-24-19-5-3-2-4-15(19)14-9-7-13(23)11-17(14)20(24)16-8-6-12(21)10-18(16)22/h2-11,20H,23H2,1H3. The van der Waals surface area contributed by atoms with E-state index >= 15 is 0 Å². The average Bonchev–Trinajstić information content (AvgIpc) is 2.56. The van der Waals surface area contributed by atoms with Crippen LogP contribution in [0, 0.1) is 0 Å². The summed E-state index contributed by atoms with van der Waals surface area (Å²) in [7, 11) is 2.08. The first-order valence-corrected chi connectivity index (χ1v) is 8.48. The Hall–Kier alpha value is -2.16. The van der Waals surface area contributed by atoms with Crippen LogP contribution in [0.3, 0.4) is 0 Å². The summed E-state index contributed by atoms with van der Waals surface area (Å²) in [5.74, 6) is 0. The van der Waals surface area contributed by atoms with E-state index in [1.54, 1.807) is 6.07 Å². The van der Waals surface area contributed by atoms with Crippen molar-refractivity contribution in [1.29, 1.82) is 0 Å². The number of anilines is 2. The lowest BCUT2D eigenvalue weighted by Crippen LogP contribution is -2.29. The van der Waals surface area contributed by atoms with Crippen molar-refractivity contribution in [2.75, 3.05) is 17.7 Å². The summed E-state index contributed by atoms with van der Waals surface area (Å²) in [6.45, 7) is 0. The van der Waals surface area contributed by atoms with Gasteiger partial charge in [-0.05, 0) is 47.0 Å². The van der Waals surface area contributed by atoms with Crippen molar-refractivity contribution in [3.8, 4) is 11.1 Å². The van der Waals surface area contributed by atoms with Gasteiger partial charge in [0.1, 0.15) is 0 Å². The lowest BCUT2D eigenvalue weighted by molar-refractivity contribution is 0.775. The van der Waals surface area contributed by atoms with Crippen molar-refractivity contribution in [3.63, 3.8) is 0 Å². The molecule has 4 rings (SSSR count). The highest BCUT2D eigenvalue weighted by Gasteiger charge is 2.31. The summed E-state index contributed by atoms with van der Waals surface area (Å²) in [5, 5.41) is 1.29. The molecule has 120 valence electrons. The first-order valence-electron chi connectivity index (χ1n) is 7.73. The first-order chi connectivity index (χ1) is 11.6. The van der Waals surface area contributed by atoms with Gasteiger partial charge in [-0.1, -0.05) is 53.5 Å². The van der Waals surface area contributed by atoms with Crippen molar-refractivity contribution < 1.29 is 0 Å². The van der Waals surface area contributed by atoms with Crippen LogP contribution in [0.2, 0.25) is 10.0 Å². The van der Waals surface area contributed by atoms with Gasteiger partial charge in [-0.25, -0.2) is 0 Å². The minimum atomic E-state index is -0.0110. The van der Waals surface area contributed by atoms with Gasteiger partial charge < -0.3 is 10.6 Å². The Morgan fingerprint density at radius 3 is 2.46 bits per heavy atom. The van der Waals surface area contributed by atoms with Gasteiger partial charge >= 0.3 is 0 Å². The molecule has 0 aliphatic carbocycles. The Balaban J connectivity index is 2.00. The molecule has 0 radical (unpaired) electrons. The molecule has 3 aromatic carbocycles. The zero-order chi connectivity index (χ0) is 16.8. The number of fused-ring (bicyclic) bond motifs is 3. The number of rotatable bonds is 1. The number of benzene rings is 3. The number of nitrogens with zero attached hydrogens (tertiary/aromatic N) is 1. The molecule has 1 aliphatic heterocycles. The quantitative estimate of drug-likeness (QED) is 0.561. The van der Waals surface area contributed by atoms with Crippen LogP contribution >= 0.6 is 23.2 Å². The fourth-order valence-corrected chi connectivity index (χ4v) is 4.02. The van der Waals surface area contributed by atoms with Crippen LogP contribution in [-0.2, 0) is 0 Å². The highest BCUT2D eigenvalue weighted by Crippen LogP contribution is 2.48. The van der Waals surface area contributed by atoms with Gasteiger partial charge in [0.2, 0.25) is 0 Å². The summed E-state index contributed by atoms with van der Waals surface area (Å²) in [4.78, 5) is 2.24. The van der Waals surface area contributed by atoms with Crippen molar-refractivity contribution in [1.82, 2.24) is 0 Å². The molecule has 2 nitrogen and oxygen atoms in total. The third-order valence-corrected chi connectivity index (χ3v) is 5.15. The Bertz CT molecular complexity index is 937. The molecule has 1 aliphatic rings. The van der Waals surface area contributed by atoms with Gasteiger partial charge in [0.25, 0.3) is 0 Å². The maximum atomic E-state index is 6.52. The van der Waals surface area contributed by atoms with Crippen LogP contribution in [0.1, 0.15) is 17.2 Å². The number of para-hydroxylation sites is 1. The largest absolute Gasteiger partial charge is 0.399 e. The van der Waals surface area contributed by atoms with E-state index in [0.717, 1.165) is 16.8 Å². The summed E-state index contributed by atoms with van der Waals surface area (Å²) in [6, 6.07) is 20.1. The molecule has 1 atom stereocenters. The lowest BCUT2D eigenvalue weighted by Gasteiger charge is -2.38. The molecule has 0 amide bonds. The molecule has 1 heterocycles. The number of hydrogen-bond donors (Lipinski definition) is 1. The SMILES string of the molecule is CN1c2ccccc2-c2ccc(N)cc2C1c1ccc(Cl)cc1Cl. The molecule has 3 aromatic rings. The Morgan fingerprint density at radius 2 is 1.67 bits per heavy atom. The summed E-state index contributed by atoms with van der Waals surface area (Å²) < 4.78 is 0. The van der Waals surface area contributed by atoms with Crippen LogP contribution < -0.4 is 10.6 Å². The van der Waals surface area contributed by atoms with Gasteiger partial charge in [-0.3, -0.25) is 0 Å². The van der Waals surface area contributed by atoms with Gasteiger partial charge in [-0.2, -0.15) is 0 Å². The van der Waals surface area contributed by atoms with Crippen molar-refractivity contribution in [2.24, 2.45) is 0 Å². The third-order valence-electron chi connectivity index (χ3n) is 4.59.